The normalized spacial score (nSPS) is 17.4. The second-order valence-corrected chi connectivity index (χ2v) is 7.23. The van der Waals surface area contributed by atoms with Crippen molar-refractivity contribution in [3.8, 4) is 17.2 Å². The molecule has 2 aromatic carbocycles. The van der Waals surface area contributed by atoms with Crippen molar-refractivity contribution in [2.75, 3.05) is 20.2 Å². The van der Waals surface area contributed by atoms with E-state index in [1.165, 1.54) is 16.5 Å². The molecule has 0 aliphatic carbocycles. The van der Waals surface area contributed by atoms with E-state index in [2.05, 4.69) is 50.5 Å². The van der Waals surface area contributed by atoms with E-state index in [0.717, 1.165) is 37.4 Å². The number of aromatic nitrogens is 3. The molecule has 1 saturated heterocycles. The van der Waals surface area contributed by atoms with Gasteiger partial charge < -0.3 is 14.1 Å². The average molecular weight is 374 g/mol. The van der Waals surface area contributed by atoms with Gasteiger partial charge in [0.25, 0.3) is 5.89 Å². The maximum Gasteiger partial charge on any atom is 0.251 e. The first-order chi connectivity index (χ1) is 13.8. The van der Waals surface area contributed by atoms with Crippen LogP contribution in [-0.2, 0) is 6.54 Å². The molecule has 1 fully saturated rings. The van der Waals surface area contributed by atoms with E-state index < -0.39 is 0 Å². The quantitative estimate of drug-likeness (QED) is 0.567. The van der Waals surface area contributed by atoms with Gasteiger partial charge in [0.1, 0.15) is 5.75 Å². The van der Waals surface area contributed by atoms with E-state index in [1.54, 1.807) is 7.11 Å². The summed E-state index contributed by atoms with van der Waals surface area (Å²) >= 11 is 0. The number of hydrogen-bond donors (Lipinski definition) is 1. The summed E-state index contributed by atoms with van der Waals surface area (Å²) in [6.07, 6.45) is 3.14. The van der Waals surface area contributed by atoms with E-state index in [0.29, 0.717) is 11.8 Å². The summed E-state index contributed by atoms with van der Waals surface area (Å²) in [5.74, 6) is 2.23. The lowest BCUT2D eigenvalue weighted by Crippen LogP contribution is -2.19. The van der Waals surface area contributed by atoms with Crippen molar-refractivity contribution >= 4 is 10.9 Å². The van der Waals surface area contributed by atoms with Crippen LogP contribution in [0.1, 0.15) is 23.8 Å². The molecule has 5 rings (SSSR count). The molecule has 0 bridgehead atoms. The summed E-state index contributed by atoms with van der Waals surface area (Å²) in [4.78, 5) is 5.81. The Morgan fingerprint density at radius 2 is 2.00 bits per heavy atom. The van der Waals surface area contributed by atoms with Crippen molar-refractivity contribution in [2.24, 2.45) is 0 Å². The Bertz CT molecular complexity index is 1100. The molecular formula is C22H22N4O2. The predicted octanol–water partition coefficient (Wildman–Crippen LogP) is 4.22. The summed E-state index contributed by atoms with van der Waals surface area (Å²) in [6.45, 7) is 2.87. The second kappa shape index (κ2) is 7.13. The fourth-order valence-corrected chi connectivity index (χ4v) is 4.01. The van der Waals surface area contributed by atoms with Crippen LogP contribution in [0.3, 0.4) is 0 Å². The van der Waals surface area contributed by atoms with Crippen LogP contribution in [-0.4, -0.2) is 40.3 Å². The Kier molecular flexibility index (Phi) is 4.33. The van der Waals surface area contributed by atoms with Crippen LogP contribution in [0.25, 0.3) is 22.4 Å². The number of benzene rings is 2. The Hall–Kier alpha value is -3.12. The third kappa shape index (κ3) is 3.05. The number of aromatic amines is 1. The number of nitrogens with one attached hydrogen (secondary N) is 1. The monoisotopic (exact) mass is 374 g/mol. The summed E-state index contributed by atoms with van der Waals surface area (Å²) < 4.78 is 11.4. The lowest BCUT2D eigenvalue weighted by Gasteiger charge is -2.14. The second-order valence-electron chi connectivity index (χ2n) is 7.23. The van der Waals surface area contributed by atoms with Crippen LogP contribution in [0.15, 0.2) is 59.1 Å². The first-order valence-corrected chi connectivity index (χ1v) is 9.56. The zero-order chi connectivity index (χ0) is 18.9. The van der Waals surface area contributed by atoms with Gasteiger partial charge in [-0.3, -0.25) is 4.90 Å². The molecule has 6 nitrogen and oxygen atoms in total. The minimum Gasteiger partial charge on any atom is -0.496 e. The van der Waals surface area contributed by atoms with E-state index in [9.17, 15) is 0 Å². The summed E-state index contributed by atoms with van der Waals surface area (Å²) in [5.41, 5.74) is 3.35. The van der Waals surface area contributed by atoms with Crippen LogP contribution in [0.5, 0.6) is 5.75 Å². The number of methoxy groups -OCH3 is 1. The molecule has 1 unspecified atom stereocenters. The van der Waals surface area contributed by atoms with E-state index in [1.807, 2.05) is 24.3 Å². The summed E-state index contributed by atoms with van der Waals surface area (Å²) in [6, 6.07) is 16.1. The molecule has 1 aliphatic rings. The average Bonchev–Trinajstić information content (AvgIpc) is 3.48. The third-order valence-electron chi connectivity index (χ3n) is 5.47. The highest BCUT2D eigenvalue weighted by Crippen LogP contribution is 2.33. The van der Waals surface area contributed by atoms with Crippen LogP contribution in [0.4, 0.5) is 0 Å². The van der Waals surface area contributed by atoms with Crippen molar-refractivity contribution in [2.45, 2.75) is 18.9 Å². The van der Waals surface area contributed by atoms with Gasteiger partial charge in [-0.1, -0.05) is 30.3 Å². The molecule has 0 saturated carbocycles. The maximum absolute atomic E-state index is 6.01. The third-order valence-corrected chi connectivity index (χ3v) is 5.47. The molecule has 1 atom stereocenters. The predicted molar refractivity (Wildman–Crippen MR) is 107 cm³/mol. The molecule has 1 aliphatic heterocycles. The molecule has 1 N–H and O–H groups in total. The largest absolute Gasteiger partial charge is 0.496 e. The highest BCUT2D eigenvalue weighted by Gasteiger charge is 2.29. The lowest BCUT2D eigenvalue weighted by molar-refractivity contribution is 0.321. The Labute approximate surface area is 163 Å². The first kappa shape index (κ1) is 17.0. The van der Waals surface area contributed by atoms with Gasteiger partial charge in [-0.05, 0) is 36.7 Å². The van der Waals surface area contributed by atoms with Gasteiger partial charge >= 0.3 is 0 Å². The van der Waals surface area contributed by atoms with Crippen LogP contribution < -0.4 is 4.74 Å². The molecule has 3 heterocycles. The SMILES string of the molecule is COc1ccccc1-c1nnc(C2CCN(Cc3c[nH]c4ccccc34)C2)o1. The number of nitrogens with zero attached hydrogens (tertiary/aromatic N) is 3. The van der Waals surface area contributed by atoms with Crippen molar-refractivity contribution in [1.82, 2.24) is 20.1 Å². The Morgan fingerprint density at radius 3 is 2.93 bits per heavy atom. The zero-order valence-corrected chi connectivity index (χ0v) is 15.8. The summed E-state index contributed by atoms with van der Waals surface area (Å²) in [5, 5.41) is 9.88. The number of hydrogen-bond acceptors (Lipinski definition) is 5. The van der Waals surface area contributed by atoms with Gasteiger partial charge in [0.15, 0.2) is 0 Å². The van der Waals surface area contributed by atoms with E-state index in [4.69, 9.17) is 9.15 Å². The van der Waals surface area contributed by atoms with Gasteiger partial charge in [0.2, 0.25) is 5.89 Å². The topological polar surface area (TPSA) is 67.2 Å². The lowest BCUT2D eigenvalue weighted by atomic mass is 10.1. The number of para-hydroxylation sites is 2. The molecule has 0 amide bonds. The Morgan fingerprint density at radius 1 is 1.14 bits per heavy atom. The molecule has 6 heteroatoms. The molecule has 0 radical (unpaired) electrons. The molecule has 2 aromatic heterocycles. The number of fused-ring (bicyclic) bond motifs is 1. The van der Waals surface area contributed by atoms with Crippen molar-refractivity contribution in [1.29, 1.82) is 0 Å². The van der Waals surface area contributed by atoms with Crippen molar-refractivity contribution in [3.63, 3.8) is 0 Å². The molecule has 142 valence electrons. The smallest absolute Gasteiger partial charge is 0.251 e. The number of ether oxygens (including phenoxy) is 1. The molecule has 4 aromatic rings. The van der Waals surface area contributed by atoms with Gasteiger partial charge in [-0.2, -0.15) is 0 Å². The number of likely N-dealkylation sites (tertiary alicyclic amines) is 1. The van der Waals surface area contributed by atoms with Gasteiger partial charge in [0.05, 0.1) is 18.6 Å². The van der Waals surface area contributed by atoms with Crippen molar-refractivity contribution < 1.29 is 9.15 Å². The minimum absolute atomic E-state index is 0.265. The highest BCUT2D eigenvalue weighted by atomic mass is 16.5. The fourth-order valence-electron chi connectivity index (χ4n) is 4.01. The maximum atomic E-state index is 6.01. The molecule has 28 heavy (non-hydrogen) atoms. The van der Waals surface area contributed by atoms with Crippen LogP contribution >= 0.6 is 0 Å². The number of rotatable bonds is 5. The van der Waals surface area contributed by atoms with E-state index >= 15 is 0 Å². The zero-order valence-electron chi connectivity index (χ0n) is 15.8. The fraction of sp³-hybridized carbons (Fsp3) is 0.273. The van der Waals surface area contributed by atoms with Crippen LogP contribution in [0.2, 0.25) is 0 Å². The van der Waals surface area contributed by atoms with Crippen LogP contribution in [0, 0.1) is 0 Å². The Balaban J connectivity index is 1.31. The van der Waals surface area contributed by atoms with Gasteiger partial charge in [-0.25, -0.2) is 0 Å². The van der Waals surface area contributed by atoms with E-state index in [-0.39, 0.29) is 5.92 Å². The molecule has 0 spiro atoms. The first-order valence-electron chi connectivity index (χ1n) is 9.56. The number of H-pyrrole nitrogens is 1. The standard InChI is InChI=1S/C22H22N4O2/c1-27-20-9-5-3-7-18(20)22-25-24-21(28-22)15-10-11-26(13-15)14-16-12-23-19-8-4-2-6-17(16)19/h2-9,12,15,23H,10-11,13-14H2,1H3. The minimum atomic E-state index is 0.265. The van der Waals surface area contributed by atoms with Crippen molar-refractivity contribution in [3.05, 3.63) is 66.2 Å². The molecular weight excluding hydrogens is 352 g/mol. The van der Waals surface area contributed by atoms with Gasteiger partial charge in [-0.15, -0.1) is 10.2 Å². The van der Waals surface area contributed by atoms with Gasteiger partial charge in [0, 0.05) is 30.2 Å². The highest BCUT2D eigenvalue weighted by molar-refractivity contribution is 5.82. The summed E-state index contributed by atoms with van der Waals surface area (Å²) in [7, 11) is 1.65.